The molecular weight excluding hydrogens is 450 g/mol. The highest BCUT2D eigenvalue weighted by atomic mass is 16.5. The molecule has 4 N–H and O–H groups in total. The van der Waals surface area contributed by atoms with E-state index < -0.39 is 29.8 Å². The lowest BCUT2D eigenvalue weighted by Crippen LogP contribution is -2.54. The Balaban J connectivity index is 2.29. The molecule has 1 aliphatic rings. The van der Waals surface area contributed by atoms with Gasteiger partial charge in [-0.3, -0.25) is 19.2 Å². The van der Waals surface area contributed by atoms with Gasteiger partial charge in [-0.1, -0.05) is 26.0 Å². The molecule has 10 heteroatoms. The van der Waals surface area contributed by atoms with E-state index in [-0.39, 0.29) is 36.5 Å². The maximum Gasteiger partial charge on any atom is 0.255 e. The van der Waals surface area contributed by atoms with Crippen LogP contribution in [0, 0.1) is 5.92 Å². The van der Waals surface area contributed by atoms with Crippen LogP contribution in [0.1, 0.15) is 50.4 Å². The van der Waals surface area contributed by atoms with Gasteiger partial charge in [0.05, 0.1) is 18.0 Å². The first-order valence-corrected chi connectivity index (χ1v) is 12.1. The fourth-order valence-electron chi connectivity index (χ4n) is 3.70. The van der Waals surface area contributed by atoms with Crippen molar-refractivity contribution in [2.45, 2.75) is 58.2 Å². The van der Waals surface area contributed by atoms with Gasteiger partial charge in [-0.05, 0) is 58.5 Å². The van der Waals surface area contributed by atoms with Gasteiger partial charge in [0.2, 0.25) is 17.7 Å². The molecule has 1 aromatic carbocycles. The van der Waals surface area contributed by atoms with Crippen LogP contribution in [0.4, 0.5) is 0 Å². The molecule has 1 aliphatic heterocycles. The van der Waals surface area contributed by atoms with Gasteiger partial charge in [0.1, 0.15) is 24.4 Å². The Morgan fingerprint density at radius 1 is 1.14 bits per heavy atom. The average Bonchev–Trinajstić information content (AvgIpc) is 2.78. The van der Waals surface area contributed by atoms with Gasteiger partial charge in [-0.15, -0.1) is 0 Å². The second-order valence-corrected chi connectivity index (χ2v) is 9.64. The number of amides is 4. The summed E-state index contributed by atoms with van der Waals surface area (Å²) in [5.74, 6) is -1.31. The van der Waals surface area contributed by atoms with E-state index in [9.17, 15) is 19.2 Å². The van der Waals surface area contributed by atoms with Crippen molar-refractivity contribution in [3.05, 3.63) is 29.8 Å². The highest BCUT2D eigenvalue weighted by Gasteiger charge is 2.29. The molecule has 0 bridgehead atoms. The summed E-state index contributed by atoms with van der Waals surface area (Å²) in [4.78, 5) is 53.8. The first kappa shape index (κ1) is 28.1. The average molecular weight is 490 g/mol. The number of fused-ring (bicyclic) bond motifs is 1. The summed E-state index contributed by atoms with van der Waals surface area (Å²) in [7, 11) is 3.88. The van der Waals surface area contributed by atoms with E-state index in [0.29, 0.717) is 18.7 Å². The van der Waals surface area contributed by atoms with Gasteiger partial charge >= 0.3 is 0 Å². The zero-order valence-corrected chi connectivity index (χ0v) is 21.3. The molecule has 0 radical (unpaired) electrons. The Bertz CT molecular complexity index is 889. The van der Waals surface area contributed by atoms with E-state index in [2.05, 4.69) is 21.3 Å². The van der Waals surface area contributed by atoms with Gasteiger partial charge in [0, 0.05) is 6.54 Å². The number of carbonyl (C=O) groups is 4. The molecule has 1 aromatic rings. The summed E-state index contributed by atoms with van der Waals surface area (Å²) < 4.78 is 5.83. The Hall–Kier alpha value is -3.14. The van der Waals surface area contributed by atoms with E-state index in [1.54, 1.807) is 31.2 Å². The van der Waals surface area contributed by atoms with E-state index in [0.717, 1.165) is 13.0 Å². The molecular formula is C25H39N5O5. The van der Waals surface area contributed by atoms with Crippen LogP contribution >= 0.6 is 0 Å². The van der Waals surface area contributed by atoms with Crippen LogP contribution in [0.3, 0.4) is 0 Å². The quantitative estimate of drug-likeness (QED) is 0.417. The predicted molar refractivity (Wildman–Crippen MR) is 133 cm³/mol. The number of nitrogens with one attached hydrogen (secondary N) is 4. The lowest BCUT2D eigenvalue weighted by atomic mass is 10.0. The number of rotatable bonds is 7. The number of carbonyl (C=O) groups excluding carboxylic acids is 4. The summed E-state index contributed by atoms with van der Waals surface area (Å²) in [5, 5.41) is 11.1. The highest BCUT2D eigenvalue weighted by molar-refractivity contribution is 6.01. The smallest absolute Gasteiger partial charge is 0.255 e. The van der Waals surface area contributed by atoms with Gasteiger partial charge in [-0.2, -0.15) is 0 Å². The van der Waals surface area contributed by atoms with Gasteiger partial charge < -0.3 is 30.9 Å². The van der Waals surface area contributed by atoms with Crippen LogP contribution < -0.4 is 26.0 Å². The molecule has 0 fully saturated rings. The predicted octanol–water partition coefficient (Wildman–Crippen LogP) is 0.671. The van der Waals surface area contributed by atoms with Crippen LogP contribution in [0.2, 0.25) is 0 Å². The summed E-state index contributed by atoms with van der Waals surface area (Å²) in [6, 6.07) is 4.44. The number of nitrogens with zero attached hydrogens (tertiary/aromatic N) is 1. The van der Waals surface area contributed by atoms with E-state index in [4.69, 9.17) is 4.74 Å². The summed E-state index contributed by atoms with van der Waals surface area (Å²) >= 11 is 0. The van der Waals surface area contributed by atoms with E-state index >= 15 is 0 Å². The van der Waals surface area contributed by atoms with Crippen molar-refractivity contribution in [1.29, 1.82) is 0 Å². The van der Waals surface area contributed by atoms with Crippen LogP contribution in [0.25, 0.3) is 0 Å². The van der Waals surface area contributed by atoms with Gasteiger partial charge in [0.15, 0.2) is 0 Å². The normalized spacial score (nSPS) is 21.8. The molecule has 35 heavy (non-hydrogen) atoms. The molecule has 0 saturated heterocycles. The molecule has 2 rings (SSSR count). The second-order valence-electron chi connectivity index (χ2n) is 9.64. The first-order chi connectivity index (χ1) is 16.6. The van der Waals surface area contributed by atoms with Crippen molar-refractivity contribution in [3.63, 3.8) is 0 Å². The molecule has 0 aromatic heterocycles. The minimum absolute atomic E-state index is 0.133. The van der Waals surface area contributed by atoms with Crippen molar-refractivity contribution in [3.8, 4) is 5.75 Å². The molecule has 0 spiro atoms. The molecule has 1 heterocycles. The zero-order chi connectivity index (χ0) is 26.0. The van der Waals surface area contributed by atoms with Gasteiger partial charge in [0.25, 0.3) is 5.91 Å². The molecule has 194 valence electrons. The van der Waals surface area contributed by atoms with Crippen molar-refractivity contribution >= 4 is 23.6 Å². The standard InChI is InChI=1S/C25H39N5O5/c1-16(2)13-19-25(34)27-17(3)15-35-21-10-7-6-9-18(21)23(32)29-20(14-22(31)28-19)24(33)26-11-8-12-30(4)5/h6-7,9-10,16-17,19-20H,8,11-15H2,1-5H3,(H,26,33)(H,27,34)(H,28,31)(H,29,32)/t17-,19+,20+/m1/s1. The Morgan fingerprint density at radius 3 is 2.54 bits per heavy atom. The van der Waals surface area contributed by atoms with Crippen molar-refractivity contribution in [2.75, 3.05) is 33.8 Å². The van der Waals surface area contributed by atoms with Crippen LogP contribution in [0.15, 0.2) is 24.3 Å². The summed E-state index contributed by atoms with van der Waals surface area (Å²) in [6.45, 7) is 7.02. The lowest BCUT2D eigenvalue weighted by molar-refractivity contribution is -0.131. The molecule has 0 unspecified atom stereocenters. The number of hydrogen-bond acceptors (Lipinski definition) is 6. The fourth-order valence-corrected chi connectivity index (χ4v) is 3.70. The topological polar surface area (TPSA) is 129 Å². The first-order valence-electron chi connectivity index (χ1n) is 12.1. The van der Waals surface area contributed by atoms with Crippen LogP contribution in [-0.4, -0.2) is 80.4 Å². The Morgan fingerprint density at radius 2 is 1.86 bits per heavy atom. The summed E-state index contributed by atoms with van der Waals surface area (Å²) in [5.41, 5.74) is 0.242. The molecule has 0 saturated carbocycles. The van der Waals surface area contributed by atoms with E-state index in [1.807, 2.05) is 32.8 Å². The number of benzene rings is 1. The highest BCUT2D eigenvalue weighted by Crippen LogP contribution is 2.19. The maximum atomic E-state index is 13.1. The Kier molecular flexibility index (Phi) is 11.0. The molecule has 0 aliphatic carbocycles. The molecule has 10 nitrogen and oxygen atoms in total. The largest absolute Gasteiger partial charge is 0.491 e. The molecule has 3 atom stereocenters. The third-order valence-corrected chi connectivity index (χ3v) is 5.46. The van der Waals surface area contributed by atoms with Crippen LogP contribution in [-0.2, 0) is 14.4 Å². The molecule has 4 amide bonds. The number of para-hydroxylation sites is 1. The number of ether oxygens (including phenoxy) is 1. The number of hydrogen-bond donors (Lipinski definition) is 4. The van der Waals surface area contributed by atoms with Crippen molar-refractivity contribution < 1.29 is 23.9 Å². The third kappa shape index (κ3) is 9.56. The van der Waals surface area contributed by atoms with Crippen LogP contribution in [0.5, 0.6) is 5.75 Å². The summed E-state index contributed by atoms with van der Waals surface area (Å²) in [6.07, 6.45) is 0.852. The second kappa shape index (κ2) is 13.7. The van der Waals surface area contributed by atoms with E-state index in [1.165, 1.54) is 0 Å². The van der Waals surface area contributed by atoms with Crippen molar-refractivity contribution in [2.24, 2.45) is 5.92 Å². The Labute approximate surface area is 207 Å². The fraction of sp³-hybridized carbons (Fsp3) is 0.600. The SMILES string of the molecule is CC(C)C[C@@H]1NC(=O)C[C@@H](C(=O)NCCCN(C)C)NC(=O)c2ccccc2OC[C@@H](C)NC1=O. The minimum Gasteiger partial charge on any atom is -0.491 e. The maximum absolute atomic E-state index is 13.1. The van der Waals surface area contributed by atoms with Crippen molar-refractivity contribution in [1.82, 2.24) is 26.2 Å². The lowest BCUT2D eigenvalue weighted by Gasteiger charge is -2.25. The minimum atomic E-state index is -1.11. The third-order valence-electron chi connectivity index (χ3n) is 5.46. The zero-order valence-electron chi connectivity index (χ0n) is 21.3. The monoisotopic (exact) mass is 489 g/mol. The van der Waals surface area contributed by atoms with Gasteiger partial charge in [-0.25, -0.2) is 0 Å².